The van der Waals surface area contributed by atoms with Gasteiger partial charge in [0.15, 0.2) is 0 Å². The monoisotopic (exact) mass is 254 g/mol. The Labute approximate surface area is 106 Å². The normalized spacial score (nSPS) is 11.4. The molecule has 0 bridgehead atoms. The lowest BCUT2D eigenvalue weighted by molar-refractivity contribution is 0.207. The highest BCUT2D eigenvalue weighted by Crippen LogP contribution is 2.05. The summed E-state index contributed by atoms with van der Waals surface area (Å²) in [6.07, 6.45) is 0. The van der Waals surface area contributed by atoms with E-state index in [9.17, 15) is 4.39 Å². The van der Waals surface area contributed by atoms with Gasteiger partial charge in [0.05, 0.1) is 13.2 Å². The van der Waals surface area contributed by atoms with Crippen molar-refractivity contribution in [2.24, 2.45) is 10.8 Å². The molecule has 0 radical (unpaired) electrons. The maximum Gasteiger partial charge on any atom is 0.208 e. The highest BCUT2D eigenvalue weighted by atomic mass is 19.1. The van der Waals surface area contributed by atoms with Crippen LogP contribution in [0.3, 0.4) is 0 Å². The van der Waals surface area contributed by atoms with Crippen molar-refractivity contribution < 1.29 is 9.13 Å². The lowest BCUT2D eigenvalue weighted by Gasteiger charge is -2.20. The predicted octanol–water partition coefficient (Wildman–Crippen LogP) is 0.723. The summed E-state index contributed by atoms with van der Waals surface area (Å²) in [5.41, 5.74) is 3.52. The zero-order chi connectivity index (χ0) is 13.4. The van der Waals surface area contributed by atoms with Crippen molar-refractivity contribution in [2.75, 3.05) is 27.3 Å². The number of ether oxygens (including phenoxy) is 1. The van der Waals surface area contributed by atoms with Gasteiger partial charge in [-0.1, -0.05) is 12.1 Å². The molecule has 5 nitrogen and oxygen atoms in total. The van der Waals surface area contributed by atoms with Gasteiger partial charge in [-0.15, -0.1) is 0 Å². The average molecular weight is 254 g/mol. The van der Waals surface area contributed by atoms with E-state index in [1.165, 1.54) is 12.1 Å². The van der Waals surface area contributed by atoms with Crippen LogP contribution in [0.25, 0.3) is 0 Å². The second kappa shape index (κ2) is 7.62. The molecule has 1 aromatic carbocycles. The third-order valence-electron chi connectivity index (χ3n) is 2.38. The van der Waals surface area contributed by atoms with Gasteiger partial charge in [0.2, 0.25) is 5.96 Å². The summed E-state index contributed by atoms with van der Waals surface area (Å²) in [6, 6.07) is 6.33. The van der Waals surface area contributed by atoms with Crippen LogP contribution in [0.4, 0.5) is 4.39 Å². The van der Waals surface area contributed by atoms with Gasteiger partial charge in [-0.25, -0.2) is 15.2 Å². The Kier molecular flexibility index (Phi) is 6.10. The highest BCUT2D eigenvalue weighted by molar-refractivity contribution is 5.79. The number of hydrogen-bond donors (Lipinski definition) is 2. The summed E-state index contributed by atoms with van der Waals surface area (Å²) in [4.78, 5) is 6.10. The number of methoxy groups -OCH3 is 1. The maximum atomic E-state index is 12.8. The lowest BCUT2D eigenvalue weighted by atomic mass is 10.2. The third-order valence-corrected chi connectivity index (χ3v) is 2.38. The number of nitrogens with two attached hydrogens (primary N) is 1. The Bertz CT molecular complexity index is 380. The molecule has 18 heavy (non-hydrogen) atoms. The van der Waals surface area contributed by atoms with Crippen LogP contribution in [-0.4, -0.2) is 38.2 Å². The second-order valence-corrected chi connectivity index (χ2v) is 3.82. The van der Waals surface area contributed by atoms with Gasteiger partial charge in [-0.3, -0.25) is 5.43 Å². The molecule has 3 N–H and O–H groups in total. The molecule has 100 valence electrons. The van der Waals surface area contributed by atoms with E-state index in [0.29, 0.717) is 25.7 Å². The fraction of sp³-hybridized carbons (Fsp3) is 0.417. The van der Waals surface area contributed by atoms with Gasteiger partial charge < -0.3 is 9.64 Å². The van der Waals surface area contributed by atoms with E-state index in [1.54, 1.807) is 19.2 Å². The van der Waals surface area contributed by atoms with E-state index in [1.807, 2.05) is 11.9 Å². The quantitative estimate of drug-likeness (QED) is 0.267. The minimum Gasteiger partial charge on any atom is -0.383 e. The van der Waals surface area contributed by atoms with Crippen molar-refractivity contribution in [3.63, 3.8) is 0 Å². The van der Waals surface area contributed by atoms with Gasteiger partial charge in [0.25, 0.3) is 0 Å². The molecule has 0 aliphatic heterocycles. The molecule has 1 rings (SSSR count). The highest BCUT2D eigenvalue weighted by Gasteiger charge is 2.05. The van der Waals surface area contributed by atoms with Crippen LogP contribution < -0.4 is 11.3 Å². The maximum absolute atomic E-state index is 12.8. The van der Waals surface area contributed by atoms with E-state index in [-0.39, 0.29) is 5.82 Å². The van der Waals surface area contributed by atoms with Crippen LogP contribution in [0.1, 0.15) is 5.56 Å². The third kappa shape index (κ3) is 4.68. The van der Waals surface area contributed by atoms with Crippen molar-refractivity contribution in [1.82, 2.24) is 10.3 Å². The summed E-state index contributed by atoms with van der Waals surface area (Å²) >= 11 is 0. The van der Waals surface area contributed by atoms with Crippen LogP contribution in [0.2, 0.25) is 0 Å². The molecule has 0 spiro atoms. The first-order valence-electron chi connectivity index (χ1n) is 5.63. The summed E-state index contributed by atoms with van der Waals surface area (Å²) in [5.74, 6) is 5.73. The smallest absolute Gasteiger partial charge is 0.208 e. The fourth-order valence-corrected chi connectivity index (χ4v) is 1.46. The first kappa shape index (κ1) is 14.4. The van der Waals surface area contributed by atoms with E-state index in [0.717, 1.165) is 5.56 Å². The van der Waals surface area contributed by atoms with Crippen LogP contribution in [0.15, 0.2) is 29.3 Å². The number of hydrazine groups is 1. The largest absolute Gasteiger partial charge is 0.383 e. The number of nitrogens with one attached hydrogen (secondary N) is 1. The topological polar surface area (TPSA) is 62.9 Å². The zero-order valence-electron chi connectivity index (χ0n) is 10.7. The van der Waals surface area contributed by atoms with Gasteiger partial charge in [0.1, 0.15) is 5.82 Å². The summed E-state index contributed by atoms with van der Waals surface area (Å²) in [5, 5.41) is 0. The Morgan fingerprint density at radius 3 is 2.67 bits per heavy atom. The standard InChI is InChI=1S/C12H19FN4O/c1-17(12(16-14)15-7-8-18-2)9-10-3-5-11(13)6-4-10/h3-6H,7-9,14H2,1-2H3,(H,15,16). The molecule has 0 saturated carbocycles. The Hall–Kier alpha value is -1.66. The first-order valence-corrected chi connectivity index (χ1v) is 5.63. The van der Waals surface area contributed by atoms with Crippen molar-refractivity contribution in [2.45, 2.75) is 6.54 Å². The number of hydrogen-bond acceptors (Lipinski definition) is 3. The number of nitrogens with zero attached hydrogens (tertiary/aromatic N) is 2. The minimum atomic E-state index is -0.243. The SMILES string of the molecule is COCCN=C(NN)N(C)Cc1ccc(F)cc1. The summed E-state index contributed by atoms with van der Waals surface area (Å²) in [6.45, 7) is 1.66. The van der Waals surface area contributed by atoms with Gasteiger partial charge in [-0.2, -0.15) is 0 Å². The predicted molar refractivity (Wildman–Crippen MR) is 69.4 cm³/mol. The first-order chi connectivity index (χ1) is 8.67. The number of rotatable bonds is 5. The minimum absolute atomic E-state index is 0.243. The van der Waals surface area contributed by atoms with Gasteiger partial charge >= 0.3 is 0 Å². The van der Waals surface area contributed by atoms with E-state index in [4.69, 9.17) is 10.6 Å². The molecule has 0 aliphatic rings. The van der Waals surface area contributed by atoms with Crippen LogP contribution in [0, 0.1) is 5.82 Å². The van der Waals surface area contributed by atoms with Crippen molar-refractivity contribution in [3.05, 3.63) is 35.6 Å². The molecule has 0 aliphatic carbocycles. The Morgan fingerprint density at radius 1 is 1.44 bits per heavy atom. The molecular formula is C12H19FN4O. The Balaban J connectivity index is 2.58. The van der Waals surface area contributed by atoms with Crippen LogP contribution >= 0.6 is 0 Å². The van der Waals surface area contributed by atoms with E-state index in [2.05, 4.69) is 10.4 Å². The number of aliphatic imine (C=N–C) groups is 1. The molecule has 6 heteroatoms. The molecular weight excluding hydrogens is 235 g/mol. The van der Waals surface area contributed by atoms with Crippen LogP contribution in [-0.2, 0) is 11.3 Å². The Morgan fingerprint density at radius 2 is 2.11 bits per heavy atom. The van der Waals surface area contributed by atoms with Crippen LogP contribution in [0.5, 0.6) is 0 Å². The molecule has 0 aromatic heterocycles. The number of benzene rings is 1. The number of guanidine groups is 1. The van der Waals surface area contributed by atoms with Crippen molar-refractivity contribution in [3.8, 4) is 0 Å². The molecule has 0 fully saturated rings. The van der Waals surface area contributed by atoms with E-state index >= 15 is 0 Å². The van der Waals surface area contributed by atoms with Gasteiger partial charge in [0, 0.05) is 20.7 Å². The molecule has 0 atom stereocenters. The van der Waals surface area contributed by atoms with E-state index < -0.39 is 0 Å². The molecule has 0 unspecified atom stereocenters. The second-order valence-electron chi connectivity index (χ2n) is 3.82. The summed E-state index contributed by atoms with van der Waals surface area (Å²) in [7, 11) is 3.47. The molecule has 0 amide bonds. The van der Waals surface area contributed by atoms with Crippen molar-refractivity contribution in [1.29, 1.82) is 0 Å². The molecule has 0 saturated heterocycles. The van der Waals surface area contributed by atoms with Crippen molar-refractivity contribution >= 4 is 5.96 Å². The fourth-order valence-electron chi connectivity index (χ4n) is 1.46. The molecule has 0 heterocycles. The zero-order valence-corrected chi connectivity index (χ0v) is 10.7. The average Bonchev–Trinajstić information content (AvgIpc) is 2.37. The number of halogens is 1. The molecule has 1 aromatic rings. The van der Waals surface area contributed by atoms with Gasteiger partial charge in [-0.05, 0) is 17.7 Å². The summed E-state index contributed by atoms with van der Waals surface area (Å²) < 4.78 is 17.7. The lowest BCUT2D eigenvalue weighted by Crippen LogP contribution is -2.42.